The number of aliphatic hydroxyl groups excluding tert-OH is 2. The summed E-state index contributed by atoms with van der Waals surface area (Å²) in [5.41, 5.74) is 10.5. The van der Waals surface area contributed by atoms with Crippen molar-refractivity contribution in [1.82, 2.24) is 35.1 Å². The first kappa shape index (κ1) is 37.0. The average Bonchev–Trinajstić information content (AvgIpc) is 3.98. The molecule has 6 rings (SSSR count). The number of primary amides is 1. The Labute approximate surface area is 305 Å². The lowest BCUT2D eigenvalue weighted by Gasteiger charge is -2.29. The Kier molecular flexibility index (Phi) is 11.1. The molecule has 16 heteroatoms. The minimum Gasteiger partial charge on any atom is -0.453 e. The highest BCUT2D eigenvalue weighted by Gasteiger charge is 2.40. The van der Waals surface area contributed by atoms with Crippen molar-refractivity contribution < 1.29 is 38.9 Å². The molecule has 4 amide bonds. The number of carbonyl (C=O) groups is 4. The van der Waals surface area contributed by atoms with E-state index < -0.39 is 48.4 Å². The van der Waals surface area contributed by atoms with Gasteiger partial charge < -0.3 is 50.5 Å². The van der Waals surface area contributed by atoms with Crippen LogP contribution in [0.1, 0.15) is 63.3 Å². The molecule has 4 heterocycles. The maximum atomic E-state index is 13.3. The van der Waals surface area contributed by atoms with Crippen molar-refractivity contribution >= 4 is 24.0 Å². The molecule has 53 heavy (non-hydrogen) atoms. The second kappa shape index (κ2) is 15.9. The van der Waals surface area contributed by atoms with E-state index in [1.807, 2.05) is 48.5 Å². The minimum absolute atomic E-state index is 0.328. The van der Waals surface area contributed by atoms with Crippen LogP contribution in [0.5, 0.6) is 0 Å². The molecule has 2 fully saturated rings. The molecule has 2 aromatic heterocycles. The fourth-order valence-corrected chi connectivity index (χ4v) is 7.02. The van der Waals surface area contributed by atoms with E-state index in [1.54, 1.807) is 22.2 Å². The zero-order valence-corrected chi connectivity index (χ0v) is 29.7. The number of nitrogens with zero attached hydrogens (tertiary/aromatic N) is 4. The van der Waals surface area contributed by atoms with Gasteiger partial charge in [-0.1, -0.05) is 48.5 Å². The van der Waals surface area contributed by atoms with Crippen molar-refractivity contribution in [2.75, 3.05) is 20.2 Å². The molecule has 2 saturated heterocycles. The van der Waals surface area contributed by atoms with Crippen LogP contribution in [0.3, 0.4) is 0 Å². The van der Waals surface area contributed by atoms with E-state index in [9.17, 15) is 29.4 Å². The molecule has 280 valence electrons. The van der Waals surface area contributed by atoms with Gasteiger partial charge in [0.2, 0.25) is 12.0 Å². The van der Waals surface area contributed by atoms with Crippen LogP contribution in [0, 0.1) is 0 Å². The van der Waals surface area contributed by atoms with Crippen LogP contribution < -0.4 is 11.1 Å². The third-order valence-corrected chi connectivity index (χ3v) is 9.75. The molecule has 2 aliphatic rings. The molecule has 4 aromatic rings. The third kappa shape index (κ3) is 8.03. The molecule has 0 radical (unpaired) electrons. The Balaban J connectivity index is 1.11. The first-order valence-corrected chi connectivity index (χ1v) is 17.5. The van der Waals surface area contributed by atoms with Gasteiger partial charge in [-0.3, -0.25) is 9.59 Å². The van der Waals surface area contributed by atoms with E-state index in [0.29, 0.717) is 37.6 Å². The number of aromatic amines is 2. The number of methoxy groups -OCH3 is 1. The molecule has 0 saturated carbocycles. The monoisotopic (exact) mass is 728 g/mol. The van der Waals surface area contributed by atoms with Crippen molar-refractivity contribution in [3.8, 4) is 33.6 Å². The number of amides is 4. The van der Waals surface area contributed by atoms with E-state index >= 15 is 0 Å². The molecule has 0 bridgehead atoms. The highest BCUT2D eigenvalue weighted by Crippen LogP contribution is 2.35. The van der Waals surface area contributed by atoms with Crippen LogP contribution in [0.4, 0.5) is 9.59 Å². The van der Waals surface area contributed by atoms with Crippen molar-refractivity contribution in [1.29, 1.82) is 0 Å². The summed E-state index contributed by atoms with van der Waals surface area (Å²) in [5.74, 6) is 0.306. The zero-order valence-electron chi connectivity index (χ0n) is 29.7. The van der Waals surface area contributed by atoms with Crippen molar-refractivity contribution in [3.05, 3.63) is 72.6 Å². The zero-order chi connectivity index (χ0) is 37.8. The molecule has 0 aliphatic carbocycles. The second-order valence-corrected chi connectivity index (χ2v) is 13.4. The molecular formula is C37H44N8O8. The van der Waals surface area contributed by atoms with Gasteiger partial charge >= 0.3 is 12.2 Å². The van der Waals surface area contributed by atoms with E-state index in [2.05, 4.69) is 30.0 Å². The van der Waals surface area contributed by atoms with Gasteiger partial charge in [0.1, 0.15) is 17.7 Å². The summed E-state index contributed by atoms with van der Waals surface area (Å²) < 4.78 is 9.54. The first-order valence-electron chi connectivity index (χ1n) is 17.5. The van der Waals surface area contributed by atoms with Crippen molar-refractivity contribution in [2.45, 2.75) is 76.0 Å². The van der Waals surface area contributed by atoms with Crippen LogP contribution in [0.2, 0.25) is 0 Å². The second-order valence-electron chi connectivity index (χ2n) is 13.4. The van der Waals surface area contributed by atoms with Gasteiger partial charge in [-0.25, -0.2) is 19.6 Å². The topological polar surface area (TPSA) is 229 Å². The Morgan fingerprint density at radius 3 is 1.64 bits per heavy atom. The maximum Gasteiger partial charge on any atom is 0.407 e. The van der Waals surface area contributed by atoms with Gasteiger partial charge in [0, 0.05) is 13.1 Å². The standard InChI is InChI=1S/C37H44N8O8/c1-20(46)30(43-37(51)52-3)34(48)44-16-4-6-28(44)32-39-18-26(41-32)24-12-8-22(9-13-24)23-10-14-25(15-11-23)27-19-40-33(42-27)29-7-5-17-45(29)35(49)31(21(2)47)53-36(38)50/h8-15,18-21,28-31,46-47H,4-7,16-17H2,1-3H3,(H2,38,50)(H,39,41)(H,40,42)(H,43,51)/t20-,21-,28-,29-,30-,31-/m0/s1. The Hall–Kier alpha value is -5.74. The largest absolute Gasteiger partial charge is 0.453 e. The van der Waals surface area contributed by atoms with E-state index in [-0.39, 0.29) is 12.1 Å². The maximum absolute atomic E-state index is 13.3. The van der Waals surface area contributed by atoms with Gasteiger partial charge in [-0.05, 0) is 61.8 Å². The number of imidazole rings is 2. The summed E-state index contributed by atoms with van der Waals surface area (Å²) >= 11 is 0. The molecule has 6 atom stereocenters. The van der Waals surface area contributed by atoms with Crippen molar-refractivity contribution in [2.24, 2.45) is 5.73 Å². The molecule has 2 aliphatic heterocycles. The Bertz CT molecular complexity index is 1920. The summed E-state index contributed by atoms with van der Waals surface area (Å²) in [7, 11) is 1.20. The number of nitrogens with two attached hydrogens (primary N) is 1. The summed E-state index contributed by atoms with van der Waals surface area (Å²) in [6.45, 7) is 3.73. The number of benzene rings is 2. The van der Waals surface area contributed by atoms with Crippen LogP contribution in [-0.4, -0.2) is 109 Å². The lowest BCUT2D eigenvalue weighted by Crippen LogP contribution is -2.53. The van der Waals surface area contributed by atoms with Crippen molar-refractivity contribution in [3.63, 3.8) is 0 Å². The molecule has 0 spiro atoms. The molecular weight excluding hydrogens is 684 g/mol. The third-order valence-electron chi connectivity index (χ3n) is 9.75. The van der Waals surface area contributed by atoms with Gasteiger partial charge in [-0.15, -0.1) is 0 Å². The number of aromatic nitrogens is 4. The number of likely N-dealkylation sites (tertiary alicyclic amines) is 2. The van der Waals surface area contributed by atoms with Gasteiger partial charge in [0.05, 0.1) is 55.2 Å². The quantitative estimate of drug-likeness (QED) is 0.132. The van der Waals surface area contributed by atoms with E-state index in [4.69, 9.17) is 10.5 Å². The fourth-order valence-electron chi connectivity index (χ4n) is 7.02. The number of carbonyl (C=O) groups excluding carboxylic acids is 4. The number of hydrogen-bond donors (Lipinski definition) is 6. The predicted octanol–water partition coefficient (Wildman–Crippen LogP) is 3.41. The molecule has 16 nitrogen and oxygen atoms in total. The number of hydrogen-bond acceptors (Lipinski definition) is 10. The van der Waals surface area contributed by atoms with E-state index in [1.165, 1.54) is 21.0 Å². The summed E-state index contributed by atoms with van der Waals surface area (Å²) in [6.07, 6.45) is 0.642. The van der Waals surface area contributed by atoms with Crippen LogP contribution in [0.15, 0.2) is 60.9 Å². The number of H-pyrrole nitrogens is 2. The fraction of sp³-hybridized carbons (Fsp3) is 0.405. The minimum atomic E-state index is -1.39. The number of alkyl carbamates (subject to hydrolysis) is 1. The SMILES string of the molecule is COC(=O)N[C@H](C(=O)N1CCC[C@H]1c1ncc(-c2ccc(-c3ccc(-c4cnc([C@@H]5CCCN5C(=O)[C@@H](OC(N)=O)[C@H](C)O)[nH]4)cc3)cc2)[nH]1)[C@H](C)O. The van der Waals surface area contributed by atoms with Crippen LogP contribution >= 0.6 is 0 Å². The van der Waals surface area contributed by atoms with Gasteiger partial charge in [-0.2, -0.15) is 0 Å². The molecule has 2 aromatic carbocycles. The normalized spacial score (nSPS) is 19.3. The Morgan fingerprint density at radius 1 is 0.774 bits per heavy atom. The number of ether oxygens (including phenoxy) is 2. The lowest BCUT2D eigenvalue weighted by molar-refractivity contribution is -0.146. The lowest BCUT2D eigenvalue weighted by atomic mass is 10.0. The Morgan fingerprint density at radius 2 is 1.23 bits per heavy atom. The predicted molar refractivity (Wildman–Crippen MR) is 192 cm³/mol. The first-order chi connectivity index (χ1) is 25.4. The van der Waals surface area contributed by atoms with Crippen LogP contribution in [-0.2, 0) is 19.1 Å². The highest BCUT2D eigenvalue weighted by molar-refractivity contribution is 5.87. The number of aliphatic hydroxyl groups is 2. The van der Waals surface area contributed by atoms with Gasteiger partial charge in [0.15, 0.2) is 0 Å². The molecule has 7 N–H and O–H groups in total. The number of rotatable bonds is 11. The summed E-state index contributed by atoms with van der Waals surface area (Å²) in [6, 6.07) is 14.2. The van der Waals surface area contributed by atoms with E-state index in [0.717, 1.165) is 46.5 Å². The molecule has 0 unspecified atom stereocenters. The van der Waals surface area contributed by atoms with Crippen LogP contribution in [0.25, 0.3) is 33.6 Å². The number of nitrogens with one attached hydrogen (secondary N) is 3. The highest BCUT2D eigenvalue weighted by atomic mass is 16.6. The summed E-state index contributed by atoms with van der Waals surface area (Å²) in [4.78, 5) is 68.7. The summed E-state index contributed by atoms with van der Waals surface area (Å²) in [5, 5.41) is 22.7. The van der Waals surface area contributed by atoms with Gasteiger partial charge in [0.25, 0.3) is 5.91 Å². The average molecular weight is 729 g/mol. The smallest absolute Gasteiger partial charge is 0.407 e.